The lowest BCUT2D eigenvalue weighted by Gasteiger charge is -2.11. The van der Waals surface area contributed by atoms with Crippen molar-refractivity contribution in [2.75, 3.05) is 11.9 Å². The lowest BCUT2D eigenvalue weighted by Crippen LogP contribution is -2.21. The Morgan fingerprint density at radius 2 is 1.95 bits per heavy atom. The molecule has 0 heterocycles. The maximum absolute atomic E-state index is 12.1. The highest BCUT2D eigenvalue weighted by atomic mass is 16.5. The van der Waals surface area contributed by atoms with E-state index in [0.29, 0.717) is 30.7 Å². The number of benzene rings is 1. The molecule has 21 heavy (non-hydrogen) atoms. The van der Waals surface area contributed by atoms with Gasteiger partial charge in [0, 0.05) is 11.6 Å². The minimum Gasteiger partial charge on any atom is -0.481 e. The van der Waals surface area contributed by atoms with Crippen molar-refractivity contribution >= 4 is 17.6 Å². The molecule has 0 aromatic heterocycles. The molecule has 0 saturated heterocycles. The normalized spacial score (nSPS) is 20.5. The average Bonchev–Trinajstić information content (AvgIpc) is 2.97. The maximum atomic E-state index is 12.1. The standard InChI is InChI=1S/C15H16N2O4/c16-7-8-21-13-5-3-12(4-6-13)17-14(18)10-1-2-11(9-10)15(19)20/h3-6,10-11H,1-2,8-9H2,(H,17,18)(H,19,20). The summed E-state index contributed by atoms with van der Waals surface area (Å²) < 4.78 is 5.12. The molecule has 0 bridgehead atoms. The molecule has 1 aromatic rings. The van der Waals surface area contributed by atoms with Crippen LogP contribution < -0.4 is 10.1 Å². The number of carboxylic acids is 1. The molecule has 0 aliphatic heterocycles. The van der Waals surface area contributed by atoms with Gasteiger partial charge in [-0.3, -0.25) is 9.59 Å². The minimum atomic E-state index is -0.829. The van der Waals surface area contributed by atoms with Gasteiger partial charge in [0.1, 0.15) is 11.8 Å². The fraction of sp³-hybridized carbons (Fsp3) is 0.400. The summed E-state index contributed by atoms with van der Waals surface area (Å²) in [4.78, 5) is 22.9. The number of hydrogen-bond acceptors (Lipinski definition) is 4. The van der Waals surface area contributed by atoms with Crippen LogP contribution in [0.4, 0.5) is 5.69 Å². The highest BCUT2D eigenvalue weighted by Gasteiger charge is 2.33. The predicted octanol–water partition coefficient (Wildman–Crippen LogP) is 2.03. The van der Waals surface area contributed by atoms with Crippen LogP contribution in [0.2, 0.25) is 0 Å². The Bertz CT molecular complexity index is 562. The molecule has 2 N–H and O–H groups in total. The summed E-state index contributed by atoms with van der Waals surface area (Å²) in [6.45, 7) is -0.0235. The molecule has 6 heteroatoms. The second-order valence-corrected chi connectivity index (χ2v) is 5.01. The van der Waals surface area contributed by atoms with Gasteiger partial charge in [0.2, 0.25) is 5.91 Å². The van der Waals surface area contributed by atoms with Gasteiger partial charge in [0.05, 0.1) is 5.92 Å². The molecular weight excluding hydrogens is 272 g/mol. The van der Waals surface area contributed by atoms with E-state index in [9.17, 15) is 9.59 Å². The molecule has 0 spiro atoms. The van der Waals surface area contributed by atoms with Crippen molar-refractivity contribution in [1.82, 2.24) is 0 Å². The first-order chi connectivity index (χ1) is 10.1. The first kappa shape index (κ1) is 14.9. The van der Waals surface area contributed by atoms with Crippen LogP contribution in [0, 0.1) is 23.2 Å². The number of carbonyl (C=O) groups excluding carboxylic acids is 1. The zero-order chi connectivity index (χ0) is 15.2. The van der Waals surface area contributed by atoms with Crippen molar-refractivity contribution in [2.24, 2.45) is 11.8 Å². The van der Waals surface area contributed by atoms with Crippen LogP contribution in [0.1, 0.15) is 19.3 Å². The predicted molar refractivity (Wildman–Crippen MR) is 74.6 cm³/mol. The Balaban J connectivity index is 1.88. The van der Waals surface area contributed by atoms with Gasteiger partial charge in [-0.1, -0.05) is 0 Å². The van der Waals surface area contributed by atoms with E-state index < -0.39 is 11.9 Å². The smallest absolute Gasteiger partial charge is 0.306 e. The van der Waals surface area contributed by atoms with Crippen LogP contribution >= 0.6 is 0 Å². The molecule has 2 unspecified atom stereocenters. The molecule has 2 atom stereocenters. The van der Waals surface area contributed by atoms with Crippen molar-refractivity contribution in [3.8, 4) is 11.8 Å². The number of hydrogen-bond donors (Lipinski definition) is 2. The molecule has 1 saturated carbocycles. The summed E-state index contributed by atoms with van der Waals surface area (Å²) in [6.07, 6.45) is 1.55. The number of rotatable bonds is 5. The fourth-order valence-corrected chi connectivity index (χ4v) is 2.44. The lowest BCUT2D eigenvalue weighted by molar-refractivity contribution is -0.141. The van der Waals surface area contributed by atoms with Crippen LogP contribution in [0.15, 0.2) is 24.3 Å². The Morgan fingerprint density at radius 3 is 2.52 bits per heavy atom. The highest BCUT2D eigenvalue weighted by molar-refractivity contribution is 5.93. The number of nitriles is 1. The third-order valence-corrected chi connectivity index (χ3v) is 3.58. The summed E-state index contributed by atoms with van der Waals surface area (Å²) in [5, 5.41) is 20.1. The highest BCUT2D eigenvalue weighted by Crippen LogP contribution is 2.32. The number of carbonyl (C=O) groups is 2. The van der Waals surface area contributed by atoms with Crippen LogP contribution in [0.3, 0.4) is 0 Å². The monoisotopic (exact) mass is 288 g/mol. The van der Waals surface area contributed by atoms with E-state index in [1.54, 1.807) is 24.3 Å². The molecular formula is C15H16N2O4. The molecule has 1 aliphatic carbocycles. The van der Waals surface area contributed by atoms with Crippen molar-refractivity contribution < 1.29 is 19.4 Å². The summed E-state index contributed by atoms with van der Waals surface area (Å²) in [6, 6.07) is 8.59. The third-order valence-electron chi connectivity index (χ3n) is 3.58. The quantitative estimate of drug-likeness (QED) is 0.863. The van der Waals surface area contributed by atoms with Crippen LogP contribution in [-0.2, 0) is 9.59 Å². The number of nitrogens with one attached hydrogen (secondary N) is 1. The first-order valence-corrected chi connectivity index (χ1v) is 6.73. The van der Waals surface area contributed by atoms with E-state index in [4.69, 9.17) is 15.1 Å². The van der Waals surface area contributed by atoms with Crippen LogP contribution in [0.5, 0.6) is 5.75 Å². The third kappa shape index (κ3) is 3.96. The summed E-state index contributed by atoms with van der Waals surface area (Å²) >= 11 is 0. The topological polar surface area (TPSA) is 99.4 Å². The van der Waals surface area contributed by atoms with Gasteiger partial charge >= 0.3 is 5.97 Å². The second kappa shape index (κ2) is 6.75. The number of aliphatic carboxylic acids is 1. The minimum absolute atomic E-state index is 0.0235. The number of amides is 1. The Labute approximate surface area is 122 Å². The summed E-state index contributed by atoms with van der Waals surface area (Å²) in [7, 11) is 0. The maximum Gasteiger partial charge on any atom is 0.306 e. The largest absolute Gasteiger partial charge is 0.481 e. The van der Waals surface area contributed by atoms with E-state index >= 15 is 0 Å². The molecule has 2 rings (SSSR count). The second-order valence-electron chi connectivity index (χ2n) is 5.01. The SMILES string of the molecule is N#CCOc1ccc(NC(=O)C2CCC(C(=O)O)C2)cc1. The zero-order valence-corrected chi connectivity index (χ0v) is 11.4. The van der Waals surface area contributed by atoms with E-state index in [0.717, 1.165) is 0 Å². The average molecular weight is 288 g/mol. The fourth-order valence-electron chi connectivity index (χ4n) is 2.44. The van der Waals surface area contributed by atoms with E-state index in [1.165, 1.54) is 0 Å². The van der Waals surface area contributed by atoms with Crippen molar-refractivity contribution in [3.05, 3.63) is 24.3 Å². The van der Waals surface area contributed by atoms with E-state index in [-0.39, 0.29) is 18.4 Å². The number of carboxylic acid groups (broad SMARTS) is 1. The van der Waals surface area contributed by atoms with Crippen molar-refractivity contribution in [3.63, 3.8) is 0 Å². The van der Waals surface area contributed by atoms with Gasteiger partial charge in [-0.25, -0.2) is 0 Å². The number of ether oxygens (including phenoxy) is 1. The number of nitrogens with zero attached hydrogens (tertiary/aromatic N) is 1. The first-order valence-electron chi connectivity index (χ1n) is 6.73. The summed E-state index contributed by atoms with van der Waals surface area (Å²) in [5.74, 6) is -1.08. The molecule has 1 amide bonds. The van der Waals surface area contributed by atoms with E-state index in [1.807, 2.05) is 6.07 Å². The Morgan fingerprint density at radius 1 is 1.29 bits per heavy atom. The van der Waals surface area contributed by atoms with Gasteiger partial charge in [-0.05, 0) is 43.5 Å². The summed E-state index contributed by atoms with van der Waals surface area (Å²) in [5.41, 5.74) is 0.628. The number of anilines is 1. The van der Waals surface area contributed by atoms with Crippen molar-refractivity contribution in [2.45, 2.75) is 19.3 Å². The molecule has 6 nitrogen and oxygen atoms in total. The van der Waals surface area contributed by atoms with Gasteiger partial charge < -0.3 is 15.2 Å². The zero-order valence-electron chi connectivity index (χ0n) is 11.4. The van der Waals surface area contributed by atoms with Gasteiger partial charge in [-0.15, -0.1) is 0 Å². The van der Waals surface area contributed by atoms with Gasteiger partial charge in [0.15, 0.2) is 6.61 Å². The van der Waals surface area contributed by atoms with Gasteiger partial charge in [0.25, 0.3) is 0 Å². The Hall–Kier alpha value is -2.55. The Kier molecular flexibility index (Phi) is 4.77. The van der Waals surface area contributed by atoms with Crippen LogP contribution in [0.25, 0.3) is 0 Å². The van der Waals surface area contributed by atoms with Gasteiger partial charge in [-0.2, -0.15) is 5.26 Å². The lowest BCUT2D eigenvalue weighted by atomic mass is 10.0. The molecule has 0 radical (unpaired) electrons. The van der Waals surface area contributed by atoms with Crippen molar-refractivity contribution in [1.29, 1.82) is 5.26 Å². The molecule has 1 aromatic carbocycles. The molecule has 1 fully saturated rings. The van der Waals surface area contributed by atoms with E-state index in [2.05, 4.69) is 5.32 Å². The molecule has 1 aliphatic rings. The van der Waals surface area contributed by atoms with Crippen LogP contribution in [-0.4, -0.2) is 23.6 Å². The molecule has 110 valence electrons.